The van der Waals surface area contributed by atoms with Gasteiger partial charge in [-0.25, -0.2) is 14.8 Å². The highest BCUT2D eigenvalue weighted by Crippen LogP contribution is 2.09. The summed E-state index contributed by atoms with van der Waals surface area (Å²) in [4.78, 5) is 20.6. The molecule has 2 aromatic rings. The molecule has 1 aromatic carbocycles. The standard InChI is InChI=1S/C15H17N3O2/c1-18(9-5-8-12-6-3-2-4-7-12)14-11-16-13(10-17-14)15(19)20/h2-4,6-7,10-11H,5,8-9H2,1H3,(H,19,20). The minimum absolute atomic E-state index is 0.0357. The second kappa shape index (κ2) is 6.65. The highest BCUT2D eigenvalue weighted by molar-refractivity contribution is 5.84. The Balaban J connectivity index is 1.85. The van der Waals surface area contributed by atoms with Crippen molar-refractivity contribution in [1.29, 1.82) is 0 Å². The first-order chi connectivity index (χ1) is 9.66. The monoisotopic (exact) mass is 271 g/mol. The number of aryl methyl sites for hydroxylation is 1. The molecule has 0 aliphatic heterocycles. The predicted octanol–water partition coefficient (Wildman–Crippen LogP) is 2.24. The summed E-state index contributed by atoms with van der Waals surface area (Å²) in [7, 11) is 1.93. The fourth-order valence-corrected chi connectivity index (χ4v) is 1.91. The number of nitrogens with zero attached hydrogens (tertiary/aromatic N) is 3. The van der Waals surface area contributed by atoms with Crippen LogP contribution < -0.4 is 4.90 Å². The second-order valence-electron chi connectivity index (χ2n) is 4.58. The van der Waals surface area contributed by atoms with Crippen LogP contribution in [-0.4, -0.2) is 34.6 Å². The molecule has 0 unspecified atom stereocenters. The first-order valence-corrected chi connectivity index (χ1v) is 6.47. The van der Waals surface area contributed by atoms with E-state index in [9.17, 15) is 4.79 Å². The lowest BCUT2D eigenvalue weighted by Crippen LogP contribution is -2.20. The van der Waals surface area contributed by atoms with Crippen LogP contribution in [0.2, 0.25) is 0 Å². The Labute approximate surface area is 117 Å². The fourth-order valence-electron chi connectivity index (χ4n) is 1.91. The van der Waals surface area contributed by atoms with Crippen LogP contribution in [-0.2, 0) is 6.42 Å². The van der Waals surface area contributed by atoms with Crippen LogP contribution in [0, 0.1) is 0 Å². The first kappa shape index (κ1) is 14.0. The molecule has 0 bridgehead atoms. The molecule has 0 atom stereocenters. The summed E-state index contributed by atoms with van der Waals surface area (Å²) in [6, 6.07) is 10.3. The molecular weight excluding hydrogens is 254 g/mol. The lowest BCUT2D eigenvalue weighted by Gasteiger charge is -2.17. The average molecular weight is 271 g/mol. The van der Waals surface area contributed by atoms with Gasteiger partial charge in [-0.3, -0.25) is 0 Å². The van der Waals surface area contributed by atoms with Gasteiger partial charge in [0.05, 0.1) is 12.4 Å². The van der Waals surface area contributed by atoms with Crippen LogP contribution >= 0.6 is 0 Å². The van der Waals surface area contributed by atoms with E-state index >= 15 is 0 Å². The molecule has 2 rings (SSSR count). The van der Waals surface area contributed by atoms with Crippen molar-refractivity contribution in [3.63, 3.8) is 0 Å². The van der Waals surface area contributed by atoms with Gasteiger partial charge in [-0.15, -0.1) is 0 Å². The summed E-state index contributed by atoms with van der Waals surface area (Å²) in [5, 5.41) is 8.77. The Bertz CT molecular complexity index is 555. The van der Waals surface area contributed by atoms with E-state index in [2.05, 4.69) is 22.1 Å². The van der Waals surface area contributed by atoms with E-state index < -0.39 is 5.97 Å². The molecule has 0 aliphatic carbocycles. The molecule has 0 fully saturated rings. The molecule has 0 amide bonds. The molecule has 5 nitrogen and oxygen atoms in total. The lowest BCUT2D eigenvalue weighted by atomic mass is 10.1. The van der Waals surface area contributed by atoms with E-state index in [0.29, 0.717) is 5.82 Å². The fraction of sp³-hybridized carbons (Fsp3) is 0.267. The summed E-state index contributed by atoms with van der Waals surface area (Å²) >= 11 is 0. The van der Waals surface area contributed by atoms with Crippen LogP contribution in [0.15, 0.2) is 42.7 Å². The number of carboxylic acids is 1. The number of hydrogen-bond acceptors (Lipinski definition) is 4. The van der Waals surface area contributed by atoms with Crippen molar-refractivity contribution in [2.45, 2.75) is 12.8 Å². The Morgan fingerprint density at radius 3 is 2.55 bits per heavy atom. The Hall–Kier alpha value is -2.43. The van der Waals surface area contributed by atoms with Gasteiger partial charge in [-0.1, -0.05) is 30.3 Å². The molecule has 20 heavy (non-hydrogen) atoms. The molecule has 0 saturated carbocycles. The minimum Gasteiger partial charge on any atom is -0.476 e. The third kappa shape index (κ3) is 3.78. The second-order valence-corrected chi connectivity index (χ2v) is 4.58. The summed E-state index contributed by atoms with van der Waals surface area (Å²) in [5.74, 6) is -0.376. The van der Waals surface area contributed by atoms with E-state index in [1.807, 2.05) is 30.1 Å². The number of benzene rings is 1. The van der Waals surface area contributed by atoms with E-state index in [-0.39, 0.29) is 5.69 Å². The number of carbonyl (C=O) groups is 1. The number of aromatic nitrogens is 2. The first-order valence-electron chi connectivity index (χ1n) is 6.47. The Kier molecular flexibility index (Phi) is 4.65. The normalized spacial score (nSPS) is 10.2. The van der Waals surface area contributed by atoms with E-state index in [1.54, 1.807) is 0 Å². The smallest absolute Gasteiger partial charge is 0.356 e. The van der Waals surface area contributed by atoms with Gasteiger partial charge in [0.25, 0.3) is 0 Å². The van der Waals surface area contributed by atoms with Crippen molar-refractivity contribution in [3.8, 4) is 0 Å². The van der Waals surface area contributed by atoms with Crippen LogP contribution in [0.5, 0.6) is 0 Å². The van der Waals surface area contributed by atoms with Gasteiger partial charge < -0.3 is 10.0 Å². The van der Waals surface area contributed by atoms with Crippen LogP contribution in [0.25, 0.3) is 0 Å². The van der Waals surface area contributed by atoms with Gasteiger partial charge in [-0.05, 0) is 18.4 Å². The number of hydrogen-bond donors (Lipinski definition) is 1. The molecule has 1 heterocycles. The zero-order valence-electron chi connectivity index (χ0n) is 11.4. The van der Waals surface area contributed by atoms with Gasteiger partial charge in [-0.2, -0.15) is 0 Å². The summed E-state index contributed by atoms with van der Waals surface area (Å²) in [6.07, 6.45) is 4.78. The minimum atomic E-state index is -1.06. The summed E-state index contributed by atoms with van der Waals surface area (Å²) in [5.41, 5.74) is 1.28. The largest absolute Gasteiger partial charge is 0.476 e. The molecular formula is C15H17N3O2. The van der Waals surface area contributed by atoms with Gasteiger partial charge in [0.1, 0.15) is 5.82 Å². The lowest BCUT2D eigenvalue weighted by molar-refractivity contribution is 0.0690. The van der Waals surface area contributed by atoms with Crippen molar-refractivity contribution in [1.82, 2.24) is 9.97 Å². The molecule has 0 radical (unpaired) electrons. The van der Waals surface area contributed by atoms with E-state index in [1.165, 1.54) is 18.0 Å². The number of anilines is 1. The third-order valence-electron chi connectivity index (χ3n) is 3.05. The van der Waals surface area contributed by atoms with E-state index in [4.69, 9.17) is 5.11 Å². The van der Waals surface area contributed by atoms with Crippen LogP contribution in [0.3, 0.4) is 0 Å². The third-order valence-corrected chi connectivity index (χ3v) is 3.05. The molecule has 1 N–H and O–H groups in total. The Morgan fingerprint density at radius 2 is 1.95 bits per heavy atom. The van der Waals surface area contributed by atoms with Crippen LogP contribution in [0.1, 0.15) is 22.5 Å². The maximum atomic E-state index is 10.7. The van der Waals surface area contributed by atoms with Crippen molar-refractivity contribution < 1.29 is 9.90 Å². The predicted molar refractivity (Wildman–Crippen MR) is 77.0 cm³/mol. The summed E-state index contributed by atoms with van der Waals surface area (Å²) < 4.78 is 0. The van der Waals surface area contributed by atoms with Gasteiger partial charge >= 0.3 is 5.97 Å². The number of carboxylic acid groups (broad SMARTS) is 1. The number of rotatable bonds is 6. The maximum absolute atomic E-state index is 10.7. The van der Waals surface area contributed by atoms with Gasteiger partial charge in [0, 0.05) is 13.6 Å². The maximum Gasteiger partial charge on any atom is 0.356 e. The zero-order chi connectivity index (χ0) is 14.4. The molecule has 1 aromatic heterocycles. The highest BCUT2D eigenvalue weighted by atomic mass is 16.4. The van der Waals surface area contributed by atoms with Crippen molar-refractivity contribution >= 4 is 11.8 Å². The molecule has 0 saturated heterocycles. The summed E-state index contributed by atoms with van der Waals surface area (Å²) in [6.45, 7) is 0.843. The van der Waals surface area contributed by atoms with Gasteiger partial charge in [0.2, 0.25) is 0 Å². The molecule has 104 valence electrons. The topological polar surface area (TPSA) is 66.3 Å². The number of aromatic carboxylic acids is 1. The Morgan fingerprint density at radius 1 is 1.20 bits per heavy atom. The molecule has 5 heteroatoms. The van der Waals surface area contributed by atoms with Crippen molar-refractivity contribution in [2.75, 3.05) is 18.5 Å². The molecule has 0 aliphatic rings. The van der Waals surface area contributed by atoms with Crippen molar-refractivity contribution in [2.24, 2.45) is 0 Å². The van der Waals surface area contributed by atoms with Crippen molar-refractivity contribution in [3.05, 3.63) is 54.0 Å². The molecule has 0 spiro atoms. The highest BCUT2D eigenvalue weighted by Gasteiger charge is 2.07. The van der Waals surface area contributed by atoms with E-state index in [0.717, 1.165) is 19.4 Å². The van der Waals surface area contributed by atoms with Gasteiger partial charge in [0.15, 0.2) is 5.69 Å². The SMILES string of the molecule is CN(CCCc1ccccc1)c1cnc(C(=O)O)cn1. The average Bonchev–Trinajstić information content (AvgIpc) is 2.48. The zero-order valence-corrected chi connectivity index (χ0v) is 11.4. The quantitative estimate of drug-likeness (QED) is 0.872. The van der Waals surface area contributed by atoms with Crippen LogP contribution in [0.4, 0.5) is 5.82 Å².